The Morgan fingerprint density at radius 2 is 2.22 bits per heavy atom. The van der Waals surface area contributed by atoms with E-state index in [-0.39, 0.29) is 0 Å². The SMILES string of the molecule is COc1ccc([C@H]2CCCN2CC(C)C)c(C)n1. The molecular formula is C15H24N2O. The zero-order valence-corrected chi connectivity index (χ0v) is 11.9. The summed E-state index contributed by atoms with van der Waals surface area (Å²) >= 11 is 0. The van der Waals surface area contributed by atoms with E-state index in [1.54, 1.807) is 7.11 Å². The number of aryl methyl sites for hydroxylation is 1. The molecule has 100 valence electrons. The van der Waals surface area contributed by atoms with Gasteiger partial charge in [0.15, 0.2) is 0 Å². The summed E-state index contributed by atoms with van der Waals surface area (Å²) in [6.07, 6.45) is 2.55. The zero-order chi connectivity index (χ0) is 13.1. The van der Waals surface area contributed by atoms with Gasteiger partial charge in [0.05, 0.1) is 7.11 Å². The molecule has 0 saturated carbocycles. The molecule has 0 aromatic carbocycles. The van der Waals surface area contributed by atoms with Crippen LogP contribution in [0.3, 0.4) is 0 Å². The van der Waals surface area contributed by atoms with E-state index in [2.05, 4.69) is 36.7 Å². The number of hydrogen-bond donors (Lipinski definition) is 0. The number of ether oxygens (including phenoxy) is 1. The van der Waals surface area contributed by atoms with Crippen molar-refractivity contribution in [2.24, 2.45) is 5.92 Å². The van der Waals surface area contributed by atoms with E-state index in [0.29, 0.717) is 11.9 Å². The Kier molecular flexibility index (Phi) is 4.23. The van der Waals surface area contributed by atoms with Crippen LogP contribution >= 0.6 is 0 Å². The normalized spacial score (nSPS) is 20.6. The second-order valence-corrected chi connectivity index (χ2v) is 5.58. The van der Waals surface area contributed by atoms with Crippen molar-refractivity contribution >= 4 is 0 Å². The molecule has 1 atom stereocenters. The summed E-state index contributed by atoms with van der Waals surface area (Å²) in [5, 5.41) is 0. The fraction of sp³-hybridized carbons (Fsp3) is 0.667. The van der Waals surface area contributed by atoms with Crippen molar-refractivity contribution in [3.63, 3.8) is 0 Å². The lowest BCUT2D eigenvalue weighted by Crippen LogP contribution is -2.27. The minimum atomic E-state index is 0.547. The Labute approximate surface area is 110 Å². The standard InChI is InChI=1S/C15H24N2O/c1-11(2)10-17-9-5-6-14(17)13-7-8-15(18-4)16-12(13)3/h7-8,11,14H,5-6,9-10H2,1-4H3/t14-/m1/s1. The molecule has 2 rings (SSSR count). The molecule has 0 spiro atoms. The van der Waals surface area contributed by atoms with E-state index in [1.165, 1.54) is 31.5 Å². The lowest BCUT2D eigenvalue weighted by molar-refractivity contribution is 0.227. The summed E-state index contributed by atoms with van der Waals surface area (Å²) in [6.45, 7) is 9.05. The molecule has 0 aliphatic carbocycles. The third-order valence-corrected chi connectivity index (χ3v) is 3.63. The molecule has 0 N–H and O–H groups in total. The van der Waals surface area contributed by atoms with Crippen molar-refractivity contribution in [2.75, 3.05) is 20.2 Å². The highest BCUT2D eigenvalue weighted by molar-refractivity contribution is 5.28. The monoisotopic (exact) mass is 248 g/mol. The summed E-state index contributed by atoms with van der Waals surface area (Å²) in [5.41, 5.74) is 2.48. The van der Waals surface area contributed by atoms with Crippen LogP contribution in [0.2, 0.25) is 0 Å². The summed E-state index contributed by atoms with van der Waals surface area (Å²) in [7, 11) is 1.67. The van der Waals surface area contributed by atoms with E-state index in [0.717, 1.165) is 11.6 Å². The summed E-state index contributed by atoms with van der Waals surface area (Å²) in [6, 6.07) is 4.71. The Bertz CT molecular complexity index is 403. The largest absolute Gasteiger partial charge is 0.481 e. The van der Waals surface area contributed by atoms with Crippen LogP contribution in [0.5, 0.6) is 5.88 Å². The topological polar surface area (TPSA) is 25.4 Å². The lowest BCUT2D eigenvalue weighted by atomic mass is 10.0. The molecule has 1 aromatic heterocycles. The molecule has 0 radical (unpaired) electrons. The van der Waals surface area contributed by atoms with Crippen LogP contribution in [0.25, 0.3) is 0 Å². The van der Waals surface area contributed by atoms with Gasteiger partial charge in [0, 0.05) is 24.3 Å². The number of nitrogens with zero attached hydrogens (tertiary/aromatic N) is 2. The maximum Gasteiger partial charge on any atom is 0.213 e. The summed E-state index contributed by atoms with van der Waals surface area (Å²) in [5.74, 6) is 1.43. The molecular weight excluding hydrogens is 224 g/mol. The third-order valence-electron chi connectivity index (χ3n) is 3.63. The van der Waals surface area contributed by atoms with Crippen molar-refractivity contribution in [2.45, 2.75) is 39.7 Å². The molecule has 1 aromatic rings. The van der Waals surface area contributed by atoms with Crippen LogP contribution < -0.4 is 4.74 Å². The Morgan fingerprint density at radius 3 is 2.83 bits per heavy atom. The van der Waals surface area contributed by atoms with E-state index < -0.39 is 0 Å². The first-order valence-electron chi connectivity index (χ1n) is 6.87. The van der Waals surface area contributed by atoms with Crippen molar-refractivity contribution in [1.29, 1.82) is 0 Å². The van der Waals surface area contributed by atoms with Crippen molar-refractivity contribution in [3.05, 3.63) is 23.4 Å². The molecule has 3 nitrogen and oxygen atoms in total. The molecule has 1 aliphatic rings. The van der Waals surface area contributed by atoms with Gasteiger partial charge >= 0.3 is 0 Å². The minimum Gasteiger partial charge on any atom is -0.481 e. The van der Waals surface area contributed by atoms with Crippen LogP contribution in [-0.2, 0) is 0 Å². The van der Waals surface area contributed by atoms with Gasteiger partial charge < -0.3 is 4.74 Å². The third kappa shape index (κ3) is 2.83. The van der Waals surface area contributed by atoms with Gasteiger partial charge in [-0.2, -0.15) is 0 Å². The van der Waals surface area contributed by atoms with E-state index >= 15 is 0 Å². The molecule has 1 fully saturated rings. The molecule has 0 unspecified atom stereocenters. The number of methoxy groups -OCH3 is 1. The van der Waals surface area contributed by atoms with Crippen molar-refractivity contribution in [1.82, 2.24) is 9.88 Å². The molecule has 0 bridgehead atoms. The maximum absolute atomic E-state index is 5.18. The number of pyridine rings is 1. The fourth-order valence-electron chi connectivity index (χ4n) is 2.88. The molecule has 18 heavy (non-hydrogen) atoms. The molecule has 3 heteroatoms. The predicted molar refractivity (Wildman–Crippen MR) is 73.9 cm³/mol. The van der Waals surface area contributed by atoms with Crippen molar-refractivity contribution < 1.29 is 4.74 Å². The maximum atomic E-state index is 5.18. The van der Waals surface area contributed by atoms with Crippen LogP contribution in [0.15, 0.2) is 12.1 Å². The average Bonchev–Trinajstić information content (AvgIpc) is 2.76. The van der Waals surface area contributed by atoms with Gasteiger partial charge in [-0.25, -0.2) is 4.98 Å². The zero-order valence-electron chi connectivity index (χ0n) is 11.9. The molecule has 1 aliphatic heterocycles. The van der Waals surface area contributed by atoms with E-state index in [4.69, 9.17) is 4.74 Å². The second-order valence-electron chi connectivity index (χ2n) is 5.58. The highest BCUT2D eigenvalue weighted by Gasteiger charge is 2.27. The first-order valence-corrected chi connectivity index (χ1v) is 6.87. The van der Waals surface area contributed by atoms with E-state index in [9.17, 15) is 0 Å². The van der Waals surface area contributed by atoms with Gasteiger partial charge in [-0.3, -0.25) is 4.90 Å². The van der Waals surface area contributed by atoms with Crippen molar-refractivity contribution in [3.8, 4) is 5.88 Å². The fourth-order valence-corrected chi connectivity index (χ4v) is 2.88. The van der Waals surface area contributed by atoms with Gasteiger partial charge in [-0.1, -0.05) is 19.9 Å². The molecule has 1 saturated heterocycles. The number of rotatable bonds is 4. The van der Waals surface area contributed by atoms with Gasteiger partial charge in [0.1, 0.15) is 0 Å². The Balaban J connectivity index is 2.19. The highest BCUT2D eigenvalue weighted by Crippen LogP contribution is 2.34. The minimum absolute atomic E-state index is 0.547. The van der Waals surface area contributed by atoms with Gasteiger partial charge in [0.2, 0.25) is 5.88 Å². The van der Waals surface area contributed by atoms with Gasteiger partial charge in [-0.05, 0) is 37.8 Å². The predicted octanol–water partition coefficient (Wildman–Crippen LogP) is 3.19. The summed E-state index contributed by atoms with van der Waals surface area (Å²) < 4.78 is 5.18. The quantitative estimate of drug-likeness (QED) is 0.818. The van der Waals surface area contributed by atoms with Gasteiger partial charge in [-0.15, -0.1) is 0 Å². The lowest BCUT2D eigenvalue weighted by Gasteiger charge is -2.27. The smallest absolute Gasteiger partial charge is 0.213 e. The van der Waals surface area contributed by atoms with Crippen LogP contribution in [0.1, 0.15) is 44.0 Å². The Morgan fingerprint density at radius 1 is 1.44 bits per heavy atom. The highest BCUT2D eigenvalue weighted by atomic mass is 16.5. The first kappa shape index (κ1) is 13.3. The summed E-state index contributed by atoms with van der Waals surface area (Å²) in [4.78, 5) is 7.10. The van der Waals surface area contributed by atoms with E-state index in [1.807, 2.05) is 6.07 Å². The molecule has 0 amide bonds. The first-order chi connectivity index (χ1) is 8.61. The number of aromatic nitrogens is 1. The molecule has 2 heterocycles. The van der Waals surface area contributed by atoms with Crippen LogP contribution in [-0.4, -0.2) is 30.1 Å². The second kappa shape index (κ2) is 5.70. The van der Waals surface area contributed by atoms with Gasteiger partial charge in [0.25, 0.3) is 0 Å². The average molecular weight is 248 g/mol. The Hall–Kier alpha value is -1.09. The number of likely N-dealkylation sites (tertiary alicyclic amines) is 1. The number of hydrogen-bond acceptors (Lipinski definition) is 3. The van der Waals surface area contributed by atoms with Crippen LogP contribution in [0.4, 0.5) is 0 Å². The van der Waals surface area contributed by atoms with Crippen LogP contribution in [0, 0.1) is 12.8 Å².